The average Bonchev–Trinajstić information content (AvgIpc) is 2.72. The normalized spacial score (nSPS) is 37.8. The third kappa shape index (κ3) is 0.693. The molecule has 2 fully saturated rings. The Hall–Kier alpha value is -0.960. The van der Waals surface area contributed by atoms with Crippen molar-refractivity contribution in [3.63, 3.8) is 0 Å². The lowest BCUT2D eigenvalue weighted by atomic mass is 10.1. The summed E-state index contributed by atoms with van der Waals surface area (Å²) in [6.45, 7) is 2.22. The molecule has 0 radical (unpaired) electrons. The van der Waals surface area contributed by atoms with Gasteiger partial charge < -0.3 is 5.32 Å². The van der Waals surface area contributed by atoms with E-state index < -0.39 is 0 Å². The van der Waals surface area contributed by atoms with Gasteiger partial charge >= 0.3 is 0 Å². The van der Waals surface area contributed by atoms with Gasteiger partial charge in [-0.25, -0.2) is 9.97 Å². The van der Waals surface area contributed by atoms with Crippen LogP contribution in [0.1, 0.15) is 12.2 Å². The van der Waals surface area contributed by atoms with Gasteiger partial charge in [-0.05, 0) is 24.9 Å². The van der Waals surface area contributed by atoms with E-state index in [2.05, 4.69) is 15.3 Å². The van der Waals surface area contributed by atoms with Crippen molar-refractivity contribution in [1.29, 1.82) is 0 Å². The Kier molecular flexibility index (Phi) is 1.11. The molecule has 12 heavy (non-hydrogen) atoms. The molecule has 2 heterocycles. The van der Waals surface area contributed by atoms with Crippen molar-refractivity contribution in [2.24, 2.45) is 5.92 Å². The number of aromatic nitrogens is 2. The summed E-state index contributed by atoms with van der Waals surface area (Å²) in [5.41, 5.74) is 0.321. The van der Waals surface area contributed by atoms with E-state index in [1.165, 1.54) is 6.42 Å². The molecule has 3 heteroatoms. The van der Waals surface area contributed by atoms with E-state index in [-0.39, 0.29) is 0 Å². The molecule has 1 aromatic heterocycles. The average molecular weight is 161 g/mol. The zero-order valence-electron chi connectivity index (χ0n) is 6.83. The summed E-state index contributed by atoms with van der Waals surface area (Å²) in [4.78, 5) is 8.65. The summed E-state index contributed by atoms with van der Waals surface area (Å²) in [5, 5.41) is 3.38. The van der Waals surface area contributed by atoms with Gasteiger partial charge in [-0.1, -0.05) is 0 Å². The summed E-state index contributed by atoms with van der Waals surface area (Å²) in [6, 6.07) is 1.87. The van der Waals surface area contributed by atoms with Crippen LogP contribution in [0.5, 0.6) is 0 Å². The number of nitrogens with one attached hydrogen (secondary N) is 1. The molecule has 3 nitrogen and oxygen atoms in total. The first-order valence-electron chi connectivity index (χ1n) is 4.40. The van der Waals surface area contributed by atoms with Crippen LogP contribution in [0.3, 0.4) is 0 Å². The third-order valence-corrected chi connectivity index (χ3v) is 3.07. The van der Waals surface area contributed by atoms with E-state index in [0.717, 1.165) is 24.8 Å². The first kappa shape index (κ1) is 6.54. The molecule has 1 N–H and O–H groups in total. The number of fused-ring (bicyclic) bond motifs is 1. The van der Waals surface area contributed by atoms with Crippen LogP contribution in [0, 0.1) is 5.92 Å². The first-order chi connectivity index (χ1) is 5.92. The minimum absolute atomic E-state index is 0.321. The second-order valence-corrected chi connectivity index (χ2v) is 3.76. The maximum atomic E-state index is 4.32. The molecule has 2 atom stereocenters. The Bertz CT molecular complexity index is 298. The Morgan fingerprint density at radius 2 is 2.25 bits per heavy atom. The minimum Gasteiger partial charge on any atom is -0.315 e. The Labute approximate surface area is 71.2 Å². The summed E-state index contributed by atoms with van der Waals surface area (Å²) in [5.74, 6) is 1.85. The van der Waals surface area contributed by atoms with Crippen molar-refractivity contribution in [3.05, 3.63) is 24.3 Å². The zero-order chi connectivity index (χ0) is 8.02. The van der Waals surface area contributed by atoms with Gasteiger partial charge in [0, 0.05) is 24.4 Å². The van der Waals surface area contributed by atoms with Crippen molar-refractivity contribution >= 4 is 0 Å². The number of hydrogen-bond acceptors (Lipinski definition) is 3. The highest BCUT2D eigenvalue weighted by molar-refractivity contribution is 5.26. The van der Waals surface area contributed by atoms with Gasteiger partial charge in [0.2, 0.25) is 0 Å². The van der Waals surface area contributed by atoms with Gasteiger partial charge in [-0.3, -0.25) is 0 Å². The maximum Gasteiger partial charge on any atom is 0.135 e. The van der Waals surface area contributed by atoms with Gasteiger partial charge in [-0.15, -0.1) is 0 Å². The largest absolute Gasteiger partial charge is 0.315 e. The first-order valence-corrected chi connectivity index (χ1v) is 4.40. The Morgan fingerprint density at radius 3 is 2.83 bits per heavy atom. The minimum atomic E-state index is 0.321. The summed E-state index contributed by atoms with van der Waals surface area (Å²) >= 11 is 0. The standard InChI is InChI=1S/C9H11N3/c1-2-11-8(12-3-1)9-4-7(9)5-10-6-9/h1-3,7,10H,4-6H2/t7-,9-/m0/s1. The van der Waals surface area contributed by atoms with E-state index in [1.807, 2.05) is 18.5 Å². The lowest BCUT2D eigenvalue weighted by Gasteiger charge is -2.07. The zero-order valence-corrected chi connectivity index (χ0v) is 6.83. The fourth-order valence-corrected chi connectivity index (χ4v) is 2.24. The van der Waals surface area contributed by atoms with Crippen LogP contribution < -0.4 is 5.32 Å². The number of rotatable bonds is 1. The molecule has 1 saturated carbocycles. The molecule has 1 aliphatic carbocycles. The maximum absolute atomic E-state index is 4.32. The molecule has 1 aliphatic heterocycles. The SMILES string of the molecule is c1cnc([C@@]23CNC[C@@H]2C3)nc1. The van der Waals surface area contributed by atoms with Crippen molar-refractivity contribution in [3.8, 4) is 0 Å². The molecule has 0 bridgehead atoms. The molecular weight excluding hydrogens is 150 g/mol. The van der Waals surface area contributed by atoms with Crippen molar-refractivity contribution < 1.29 is 0 Å². The van der Waals surface area contributed by atoms with Crippen LogP contribution in [0.25, 0.3) is 0 Å². The van der Waals surface area contributed by atoms with Crippen LogP contribution in [-0.2, 0) is 5.41 Å². The predicted octanol–water partition coefficient (Wildman–Crippen LogP) is 0.337. The van der Waals surface area contributed by atoms with Crippen LogP contribution >= 0.6 is 0 Å². The van der Waals surface area contributed by atoms with Crippen molar-refractivity contribution in [1.82, 2.24) is 15.3 Å². The molecule has 3 rings (SSSR count). The topological polar surface area (TPSA) is 37.8 Å². The smallest absolute Gasteiger partial charge is 0.135 e. The summed E-state index contributed by atoms with van der Waals surface area (Å²) < 4.78 is 0. The molecule has 0 unspecified atom stereocenters. The quantitative estimate of drug-likeness (QED) is 0.645. The fraction of sp³-hybridized carbons (Fsp3) is 0.556. The van der Waals surface area contributed by atoms with E-state index in [0.29, 0.717) is 5.41 Å². The van der Waals surface area contributed by atoms with Gasteiger partial charge in [0.05, 0.1) is 0 Å². The van der Waals surface area contributed by atoms with E-state index in [4.69, 9.17) is 0 Å². The summed E-state index contributed by atoms with van der Waals surface area (Å²) in [6.07, 6.45) is 4.96. The molecular formula is C9H11N3. The number of hydrogen-bond donors (Lipinski definition) is 1. The Morgan fingerprint density at radius 1 is 1.42 bits per heavy atom. The molecule has 1 aromatic rings. The number of piperidine rings is 1. The number of nitrogens with zero attached hydrogens (tertiary/aromatic N) is 2. The molecule has 0 amide bonds. The molecule has 1 saturated heterocycles. The van der Waals surface area contributed by atoms with Crippen LogP contribution in [0.15, 0.2) is 18.5 Å². The van der Waals surface area contributed by atoms with E-state index in [9.17, 15) is 0 Å². The molecule has 62 valence electrons. The fourth-order valence-electron chi connectivity index (χ4n) is 2.24. The van der Waals surface area contributed by atoms with E-state index >= 15 is 0 Å². The lowest BCUT2D eigenvalue weighted by Crippen LogP contribution is -2.21. The predicted molar refractivity (Wildman–Crippen MR) is 44.7 cm³/mol. The van der Waals surface area contributed by atoms with Gasteiger partial charge in [-0.2, -0.15) is 0 Å². The van der Waals surface area contributed by atoms with Crippen LogP contribution in [-0.4, -0.2) is 23.1 Å². The lowest BCUT2D eigenvalue weighted by molar-refractivity contribution is 0.633. The highest BCUT2D eigenvalue weighted by atomic mass is 15.0. The highest BCUT2D eigenvalue weighted by Crippen LogP contribution is 2.54. The highest BCUT2D eigenvalue weighted by Gasteiger charge is 2.60. The monoisotopic (exact) mass is 161 g/mol. The van der Waals surface area contributed by atoms with Gasteiger partial charge in [0.15, 0.2) is 0 Å². The molecule has 0 spiro atoms. The van der Waals surface area contributed by atoms with E-state index in [1.54, 1.807) is 0 Å². The third-order valence-electron chi connectivity index (χ3n) is 3.07. The van der Waals surface area contributed by atoms with Crippen molar-refractivity contribution in [2.45, 2.75) is 11.8 Å². The van der Waals surface area contributed by atoms with Crippen LogP contribution in [0.2, 0.25) is 0 Å². The van der Waals surface area contributed by atoms with Crippen molar-refractivity contribution in [2.75, 3.05) is 13.1 Å². The Balaban J connectivity index is 2.00. The van der Waals surface area contributed by atoms with Gasteiger partial charge in [0.25, 0.3) is 0 Å². The van der Waals surface area contributed by atoms with Gasteiger partial charge in [0.1, 0.15) is 5.82 Å². The molecule has 0 aromatic carbocycles. The van der Waals surface area contributed by atoms with Crippen LogP contribution in [0.4, 0.5) is 0 Å². The molecule has 2 aliphatic rings. The second-order valence-electron chi connectivity index (χ2n) is 3.76. The summed E-state index contributed by atoms with van der Waals surface area (Å²) in [7, 11) is 0. The second kappa shape index (κ2) is 2.04.